The molecule has 0 radical (unpaired) electrons. The zero-order valence-electron chi connectivity index (χ0n) is 16.6. The van der Waals surface area contributed by atoms with Crippen LogP contribution in [0.4, 0.5) is 0 Å². The van der Waals surface area contributed by atoms with Gasteiger partial charge in [0.15, 0.2) is 0 Å². The molecule has 2 heterocycles. The van der Waals surface area contributed by atoms with Crippen molar-refractivity contribution in [3.8, 4) is 11.3 Å². The quantitative estimate of drug-likeness (QED) is 0.366. The Labute approximate surface area is 160 Å². The van der Waals surface area contributed by atoms with Crippen molar-refractivity contribution in [2.24, 2.45) is 0 Å². The average Bonchev–Trinajstić information content (AvgIpc) is 2.64. The standard InChI is InChI=1S/C25H24N2/c1-24(2,3)17-10-9-15-13-27-23-18-8-6-7-16-12-26-14-20(21(16)18)25(4,5)22(23)19(15)11-17/h6-14H,1-5H3. The molecule has 5 rings (SSSR count). The summed E-state index contributed by atoms with van der Waals surface area (Å²) >= 11 is 0. The fourth-order valence-electron chi connectivity index (χ4n) is 4.56. The highest BCUT2D eigenvalue weighted by molar-refractivity contribution is 6.05. The second kappa shape index (κ2) is 5.16. The first kappa shape index (κ1) is 16.4. The van der Waals surface area contributed by atoms with Crippen LogP contribution in [0.1, 0.15) is 51.3 Å². The number of fused-ring (bicyclic) bond motifs is 4. The molecule has 0 aliphatic heterocycles. The third-order valence-corrected chi connectivity index (χ3v) is 6.09. The molecule has 0 unspecified atom stereocenters. The molecule has 0 atom stereocenters. The van der Waals surface area contributed by atoms with E-state index in [0.717, 1.165) is 5.69 Å². The summed E-state index contributed by atoms with van der Waals surface area (Å²) in [6.07, 6.45) is 6.03. The van der Waals surface area contributed by atoms with E-state index >= 15 is 0 Å². The van der Waals surface area contributed by atoms with Crippen molar-refractivity contribution in [1.82, 2.24) is 9.97 Å². The summed E-state index contributed by atoms with van der Waals surface area (Å²) in [5.74, 6) is 0. The topological polar surface area (TPSA) is 25.8 Å². The van der Waals surface area contributed by atoms with Crippen LogP contribution in [-0.4, -0.2) is 9.97 Å². The lowest BCUT2D eigenvalue weighted by Crippen LogP contribution is -2.25. The van der Waals surface area contributed by atoms with E-state index in [2.05, 4.69) is 76.0 Å². The van der Waals surface area contributed by atoms with Crippen molar-refractivity contribution >= 4 is 21.5 Å². The van der Waals surface area contributed by atoms with Crippen LogP contribution in [0.15, 0.2) is 55.0 Å². The summed E-state index contributed by atoms with van der Waals surface area (Å²) < 4.78 is 0. The van der Waals surface area contributed by atoms with Crippen molar-refractivity contribution in [1.29, 1.82) is 0 Å². The molecule has 4 aromatic rings. The van der Waals surface area contributed by atoms with Gasteiger partial charge in [0.05, 0.1) is 5.69 Å². The van der Waals surface area contributed by atoms with Crippen LogP contribution in [0.5, 0.6) is 0 Å². The Kier molecular flexibility index (Phi) is 3.14. The molecule has 0 bridgehead atoms. The van der Waals surface area contributed by atoms with E-state index in [-0.39, 0.29) is 10.8 Å². The SMILES string of the molecule is CC(C)(C)c1ccc2cnc3c(c2c1)C(C)(C)c1cncc2cccc-3c12. The molecular formula is C25H24N2. The summed E-state index contributed by atoms with van der Waals surface area (Å²) in [6.45, 7) is 11.4. The van der Waals surface area contributed by atoms with Crippen molar-refractivity contribution in [3.63, 3.8) is 0 Å². The largest absolute Gasteiger partial charge is 0.264 e. The van der Waals surface area contributed by atoms with Crippen LogP contribution in [0.3, 0.4) is 0 Å². The number of nitrogens with zero attached hydrogens (tertiary/aromatic N) is 2. The Balaban J connectivity index is 1.97. The molecule has 1 aliphatic carbocycles. The molecule has 1 aliphatic rings. The minimum absolute atomic E-state index is 0.114. The van der Waals surface area contributed by atoms with Crippen LogP contribution in [0.25, 0.3) is 32.8 Å². The lowest BCUT2D eigenvalue weighted by Gasteiger charge is -2.35. The van der Waals surface area contributed by atoms with Crippen LogP contribution in [0, 0.1) is 0 Å². The number of pyridine rings is 2. The van der Waals surface area contributed by atoms with E-state index < -0.39 is 0 Å². The van der Waals surface area contributed by atoms with Gasteiger partial charge in [-0.3, -0.25) is 9.97 Å². The van der Waals surface area contributed by atoms with Gasteiger partial charge in [-0.05, 0) is 32.9 Å². The van der Waals surface area contributed by atoms with Gasteiger partial charge in [-0.15, -0.1) is 0 Å². The molecule has 134 valence electrons. The smallest absolute Gasteiger partial charge is 0.0755 e. The van der Waals surface area contributed by atoms with Crippen molar-refractivity contribution in [2.45, 2.75) is 45.4 Å². The van der Waals surface area contributed by atoms with Gasteiger partial charge < -0.3 is 0 Å². The first-order valence-electron chi connectivity index (χ1n) is 9.60. The summed E-state index contributed by atoms with van der Waals surface area (Å²) in [5, 5.41) is 5.00. The van der Waals surface area contributed by atoms with Gasteiger partial charge in [0.1, 0.15) is 0 Å². The van der Waals surface area contributed by atoms with Crippen LogP contribution < -0.4 is 0 Å². The fraction of sp³-hybridized carbons (Fsp3) is 0.280. The minimum Gasteiger partial charge on any atom is -0.264 e. The molecule has 0 amide bonds. The third kappa shape index (κ3) is 2.19. The number of rotatable bonds is 0. The Bertz CT molecular complexity index is 1220. The van der Waals surface area contributed by atoms with Crippen LogP contribution >= 0.6 is 0 Å². The van der Waals surface area contributed by atoms with Gasteiger partial charge in [-0.1, -0.05) is 71.0 Å². The molecule has 2 heteroatoms. The lowest BCUT2D eigenvalue weighted by molar-refractivity contribution is 0.590. The van der Waals surface area contributed by atoms with Gasteiger partial charge in [0.2, 0.25) is 0 Å². The highest BCUT2D eigenvalue weighted by Gasteiger charge is 2.36. The molecule has 2 aromatic carbocycles. The van der Waals surface area contributed by atoms with Crippen molar-refractivity contribution in [3.05, 3.63) is 71.7 Å². The highest BCUT2D eigenvalue weighted by Crippen LogP contribution is 2.49. The molecule has 2 aromatic heterocycles. The maximum absolute atomic E-state index is 4.94. The predicted molar refractivity (Wildman–Crippen MR) is 113 cm³/mol. The van der Waals surface area contributed by atoms with Crippen LogP contribution in [0.2, 0.25) is 0 Å². The van der Waals surface area contributed by atoms with E-state index in [1.54, 1.807) is 0 Å². The number of hydrogen-bond donors (Lipinski definition) is 0. The van der Waals surface area contributed by atoms with E-state index in [1.807, 2.05) is 18.6 Å². The second-order valence-corrected chi connectivity index (χ2v) is 9.25. The zero-order valence-corrected chi connectivity index (χ0v) is 16.6. The average molecular weight is 352 g/mol. The van der Waals surface area contributed by atoms with E-state index in [4.69, 9.17) is 4.98 Å². The molecule has 0 N–H and O–H groups in total. The zero-order chi connectivity index (χ0) is 19.0. The fourth-order valence-corrected chi connectivity index (χ4v) is 4.56. The maximum Gasteiger partial charge on any atom is 0.0755 e. The second-order valence-electron chi connectivity index (χ2n) is 9.25. The van der Waals surface area contributed by atoms with Gasteiger partial charge >= 0.3 is 0 Å². The molecule has 27 heavy (non-hydrogen) atoms. The monoisotopic (exact) mass is 352 g/mol. The summed E-state index contributed by atoms with van der Waals surface area (Å²) in [4.78, 5) is 9.48. The van der Waals surface area contributed by atoms with E-state index in [1.165, 1.54) is 43.8 Å². The summed E-state index contributed by atoms with van der Waals surface area (Å²) in [5.41, 5.74) is 6.26. The summed E-state index contributed by atoms with van der Waals surface area (Å²) in [7, 11) is 0. The predicted octanol–water partition coefficient (Wildman–Crippen LogP) is 6.39. The molecule has 0 saturated carbocycles. The lowest BCUT2D eigenvalue weighted by atomic mass is 9.69. The van der Waals surface area contributed by atoms with Gasteiger partial charge in [-0.2, -0.15) is 0 Å². The van der Waals surface area contributed by atoms with E-state index in [0.29, 0.717) is 0 Å². The number of hydrogen-bond acceptors (Lipinski definition) is 2. The van der Waals surface area contributed by atoms with Crippen molar-refractivity contribution < 1.29 is 0 Å². The maximum atomic E-state index is 4.94. The molecule has 2 nitrogen and oxygen atoms in total. The first-order valence-corrected chi connectivity index (χ1v) is 9.60. The normalized spacial score (nSPS) is 15.1. The Morgan fingerprint density at radius 3 is 2.48 bits per heavy atom. The van der Waals surface area contributed by atoms with Gasteiger partial charge in [-0.25, -0.2) is 0 Å². The van der Waals surface area contributed by atoms with Gasteiger partial charge in [0, 0.05) is 40.3 Å². The third-order valence-electron chi connectivity index (χ3n) is 6.09. The Morgan fingerprint density at radius 2 is 1.70 bits per heavy atom. The van der Waals surface area contributed by atoms with Crippen molar-refractivity contribution in [2.75, 3.05) is 0 Å². The minimum atomic E-state index is -0.154. The highest BCUT2D eigenvalue weighted by atomic mass is 14.7. The number of aromatic nitrogens is 2. The molecule has 0 spiro atoms. The molecule has 0 saturated heterocycles. The Hall–Kier alpha value is -2.74. The molecular weight excluding hydrogens is 328 g/mol. The van der Waals surface area contributed by atoms with E-state index in [9.17, 15) is 0 Å². The van der Waals surface area contributed by atoms with Gasteiger partial charge in [0.25, 0.3) is 0 Å². The van der Waals surface area contributed by atoms with Crippen LogP contribution in [-0.2, 0) is 10.8 Å². The Morgan fingerprint density at radius 1 is 0.889 bits per heavy atom. The first-order chi connectivity index (χ1) is 12.8. The summed E-state index contributed by atoms with van der Waals surface area (Å²) in [6, 6.07) is 13.3. The molecule has 0 fully saturated rings. The number of benzene rings is 2.